The molecule has 2 saturated carbocycles. The van der Waals surface area contributed by atoms with E-state index in [2.05, 4.69) is 17.6 Å². The minimum atomic E-state index is 0.105. The van der Waals surface area contributed by atoms with E-state index in [0.717, 1.165) is 30.8 Å². The standard InChI is InChI=1S/C17H30N2O/c1-12-5-7-13(8-6-12)9-10-18-17(20)16-15-4-2-3-14(15)11-19-16/h12-16,19H,2-11H2,1H3,(H,18,20). The third kappa shape index (κ3) is 3.19. The van der Waals surface area contributed by atoms with Crippen LogP contribution in [0.2, 0.25) is 0 Å². The number of fused-ring (bicyclic) bond motifs is 1. The Hall–Kier alpha value is -0.570. The van der Waals surface area contributed by atoms with Crippen molar-refractivity contribution < 1.29 is 4.79 Å². The SMILES string of the molecule is CC1CCC(CCNC(=O)C2NCC3CCCC32)CC1. The van der Waals surface area contributed by atoms with Gasteiger partial charge >= 0.3 is 0 Å². The number of hydrogen-bond acceptors (Lipinski definition) is 2. The molecule has 0 radical (unpaired) electrons. The van der Waals surface area contributed by atoms with Gasteiger partial charge in [0.05, 0.1) is 6.04 Å². The zero-order valence-electron chi connectivity index (χ0n) is 12.9. The lowest BCUT2D eigenvalue weighted by atomic mass is 9.81. The van der Waals surface area contributed by atoms with Crippen molar-refractivity contribution in [3.63, 3.8) is 0 Å². The molecule has 3 rings (SSSR count). The fourth-order valence-corrected chi connectivity index (χ4v) is 4.60. The predicted molar refractivity (Wildman–Crippen MR) is 81.4 cm³/mol. The van der Waals surface area contributed by atoms with Crippen molar-refractivity contribution in [1.82, 2.24) is 10.6 Å². The van der Waals surface area contributed by atoms with Gasteiger partial charge < -0.3 is 10.6 Å². The van der Waals surface area contributed by atoms with Gasteiger partial charge in [0.2, 0.25) is 5.91 Å². The van der Waals surface area contributed by atoms with Gasteiger partial charge in [-0.1, -0.05) is 39.0 Å². The summed E-state index contributed by atoms with van der Waals surface area (Å²) in [6.07, 6.45) is 10.6. The van der Waals surface area contributed by atoms with Gasteiger partial charge in [0, 0.05) is 6.54 Å². The maximum Gasteiger partial charge on any atom is 0.237 e. The molecule has 0 aromatic heterocycles. The van der Waals surface area contributed by atoms with E-state index >= 15 is 0 Å². The molecular formula is C17H30N2O. The van der Waals surface area contributed by atoms with E-state index in [0.29, 0.717) is 5.92 Å². The first-order valence-electron chi connectivity index (χ1n) is 8.75. The third-order valence-corrected chi connectivity index (χ3v) is 6.02. The molecule has 20 heavy (non-hydrogen) atoms. The van der Waals surface area contributed by atoms with E-state index in [1.54, 1.807) is 0 Å². The molecule has 1 amide bonds. The van der Waals surface area contributed by atoms with Crippen molar-refractivity contribution in [3.05, 3.63) is 0 Å². The van der Waals surface area contributed by atoms with Crippen molar-refractivity contribution in [2.75, 3.05) is 13.1 Å². The van der Waals surface area contributed by atoms with Gasteiger partial charge in [-0.25, -0.2) is 0 Å². The number of carbonyl (C=O) groups is 1. The lowest BCUT2D eigenvalue weighted by Crippen LogP contribution is -2.44. The molecule has 1 saturated heterocycles. The average Bonchev–Trinajstić information content (AvgIpc) is 3.03. The van der Waals surface area contributed by atoms with Gasteiger partial charge in [-0.3, -0.25) is 4.79 Å². The number of amides is 1. The van der Waals surface area contributed by atoms with E-state index in [-0.39, 0.29) is 11.9 Å². The molecule has 1 aliphatic heterocycles. The van der Waals surface area contributed by atoms with Crippen LogP contribution in [0.25, 0.3) is 0 Å². The highest BCUT2D eigenvalue weighted by Crippen LogP contribution is 2.37. The van der Waals surface area contributed by atoms with Gasteiger partial charge in [0.15, 0.2) is 0 Å². The van der Waals surface area contributed by atoms with Crippen LogP contribution < -0.4 is 10.6 Å². The molecule has 2 aliphatic carbocycles. The van der Waals surface area contributed by atoms with E-state index in [1.807, 2.05) is 0 Å². The molecule has 0 spiro atoms. The monoisotopic (exact) mass is 278 g/mol. The van der Waals surface area contributed by atoms with Crippen LogP contribution in [0.5, 0.6) is 0 Å². The van der Waals surface area contributed by atoms with E-state index < -0.39 is 0 Å². The minimum absolute atomic E-state index is 0.105. The second-order valence-electron chi connectivity index (χ2n) is 7.45. The summed E-state index contributed by atoms with van der Waals surface area (Å²) in [5.74, 6) is 3.42. The molecule has 3 unspecified atom stereocenters. The second kappa shape index (κ2) is 6.46. The Balaban J connectivity index is 1.37. The number of nitrogens with one attached hydrogen (secondary N) is 2. The summed E-state index contributed by atoms with van der Waals surface area (Å²) in [7, 11) is 0. The summed E-state index contributed by atoms with van der Waals surface area (Å²) in [4.78, 5) is 12.3. The summed E-state index contributed by atoms with van der Waals surface area (Å²) in [6, 6.07) is 0.105. The lowest BCUT2D eigenvalue weighted by molar-refractivity contribution is -0.123. The van der Waals surface area contributed by atoms with Gasteiger partial charge in [0.1, 0.15) is 0 Å². The first kappa shape index (κ1) is 14.4. The largest absolute Gasteiger partial charge is 0.355 e. The number of hydrogen-bond donors (Lipinski definition) is 2. The fraction of sp³-hybridized carbons (Fsp3) is 0.941. The summed E-state index contributed by atoms with van der Waals surface area (Å²) >= 11 is 0. The number of rotatable bonds is 4. The van der Waals surface area contributed by atoms with E-state index in [1.165, 1.54) is 51.4 Å². The highest BCUT2D eigenvalue weighted by atomic mass is 16.2. The zero-order chi connectivity index (χ0) is 13.9. The van der Waals surface area contributed by atoms with Crippen LogP contribution in [-0.2, 0) is 4.79 Å². The Labute approximate surface area is 123 Å². The second-order valence-corrected chi connectivity index (χ2v) is 7.45. The lowest BCUT2D eigenvalue weighted by Gasteiger charge is -2.26. The molecule has 3 atom stereocenters. The van der Waals surface area contributed by atoms with Gasteiger partial charge in [-0.15, -0.1) is 0 Å². The molecule has 0 aromatic rings. The molecular weight excluding hydrogens is 248 g/mol. The van der Waals surface area contributed by atoms with Crippen molar-refractivity contribution in [2.24, 2.45) is 23.7 Å². The molecule has 3 heteroatoms. The summed E-state index contributed by atoms with van der Waals surface area (Å²) in [6.45, 7) is 4.30. The first-order chi connectivity index (χ1) is 9.74. The van der Waals surface area contributed by atoms with E-state index in [4.69, 9.17) is 0 Å². The maximum atomic E-state index is 12.3. The summed E-state index contributed by atoms with van der Waals surface area (Å²) in [5, 5.41) is 6.63. The number of carbonyl (C=O) groups excluding carboxylic acids is 1. The highest BCUT2D eigenvalue weighted by Gasteiger charge is 2.42. The summed E-state index contributed by atoms with van der Waals surface area (Å²) in [5.41, 5.74) is 0. The predicted octanol–water partition coefficient (Wildman–Crippen LogP) is 2.71. The van der Waals surface area contributed by atoms with Crippen LogP contribution in [0.15, 0.2) is 0 Å². The fourth-order valence-electron chi connectivity index (χ4n) is 4.60. The summed E-state index contributed by atoms with van der Waals surface area (Å²) < 4.78 is 0. The van der Waals surface area contributed by atoms with Gasteiger partial charge in [-0.05, 0) is 49.5 Å². The van der Waals surface area contributed by atoms with Crippen LogP contribution >= 0.6 is 0 Å². The van der Waals surface area contributed by atoms with Crippen molar-refractivity contribution in [1.29, 1.82) is 0 Å². The molecule has 114 valence electrons. The Morgan fingerprint density at radius 3 is 2.75 bits per heavy atom. The molecule has 0 aromatic carbocycles. The Bertz CT molecular complexity index is 336. The minimum Gasteiger partial charge on any atom is -0.355 e. The Morgan fingerprint density at radius 2 is 1.95 bits per heavy atom. The smallest absolute Gasteiger partial charge is 0.237 e. The molecule has 2 N–H and O–H groups in total. The molecule has 3 nitrogen and oxygen atoms in total. The average molecular weight is 278 g/mol. The Morgan fingerprint density at radius 1 is 1.15 bits per heavy atom. The molecule has 1 heterocycles. The highest BCUT2D eigenvalue weighted by molar-refractivity contribution is 5.82. The van der Waals surface area contributed by atoms with Crippen molar-refractivity contribution in [2.45, 2.75) is 64.3 Å². The van der Waals surface area contributed by atoms with Crippen LogP contribution in [-0.4, -0.2) is 25.0 Å². The Kier molecular flexibility index (Phi) is 4.65. The molecule has 0 bridgehead atoms. The van der Waals surface area contributed by atoms with Crippen LogP contribution in [0.4, 0.5) is 0 Å². The van der Waals surface area contributed by atoms with Gasteiger partial charge in [-0.2, -0.15) is 0 Å². The quantitative estimate of drug-likeness (QED) is 0.830. The van der Waals surface area contributed by atoms with E-state index in [9.17, 15) is 4.79 Å². The topological polar surface area (TPSA) is 41.1 Å². The molecule has 3 aliphatic rings. The normalized spacial score (nSPS) is 40.5. The maximum absolute atomic E-state index is 12.3. The first-order valence-corrected chi connectivity index (χ1v) is 8.75. The van der Waals surface area contributed by atoms with Gasteiger partial charge in [0.25, 0.3) is 0 Å². The molecule has 3 fully saturated rings. The third-order valence-electron chi connectivity index (χ3n) is 6.02. The van der Waals surface area contributed by atoms with Crippen molar-refractivity contribution in [3.8, 4) is 0 Å². The van der Waals surface area contributed by atoms with Crippen molar-refractivity contribution >= 4 is 5.91 Å². The zero-order valence-corrected chi connectivity index (χ0v) is 12.9. The van der Waals surface area contributed by atoms with Crippen LogP contribution in [0.3, 0.4) is 0 Å². The van der Waals surface area contributed by atoms with Crippen LogP contribution in [0.1, 0.15) is 58.3 Å². The van der Waals surface area contributed by atoms with Crippen LogP contribution in [0, 0.1) is 23.7 Å².